The summed E-state index contributed by atoms with van der Waals surface area (Å²) in [4.78, 5) is 22.7. The van der Waals surface area contributed by atoms with Gasteiger partial charge >= 0.3 is 0 Å². The highest BCUT2D eigenvalue weighted by Gasteiger charge is 2.07. The van der Waals surface area contributed by atoms with E-state index in [1.807, 2.05) is 0 Å². The van der Waals surface area contributed by atoms with Gasteiger partial charge in [-0.05, 0) is 35.9 Å². The minimum Gasteiger partial charge on any atom is -0.482 e. The Balaban J connectivity index is 1.82. The number of hydrogen-bond donors (Lipinski definition) is 2. The van der Waals surface area contributed by atoms with Crippen molar-refractivity contribution in [1.82, 2.24) is 5.32 Å². The van der Waals surface area contributed by atoms with Crippen LogP contribution in [0.25, 0.3) is 0 Å². The minimum atomic E-state index is -0.492. The minimum absolute atomic E-state index is 0.166. The van der Waals surface area contributed by atoms with Crippen LogP contribution >= 0.6 is 23.2 Å². The van der Waals surface area contributed by atoms with Crippen LogP contribution < -0.4 is 15.8 Å². The van der Waals surface area contributed by atoms with Gasteiger partial charge in [0, 0.05) is 17.1 Å². The molecule has 0 bridgehead atoms. The van der Waals surface area contributed by atoms with Crippen molar-refractivity contribution in [3.63, 3.8) is 0 Å². The number of rotatable bonds is 6. The Hall–Kier alpha value is -2.24. The fraction of sp³-hybridized carbons (Fsp3) is 0.125. The first-order chi connectivity index (χ1) is 11.0. The average Bonchev–Trinajstić information content (AvgIpc) is 2.52. The van der Waals surface area contributed by atoms with Crippen LogP contribution in [0, 0.1) is 0 Å². The fourth-order valence-electron chi connectivity index (χ4n) is 1.77. The van der Waals surface area contributed by atoms with Gasteiger partial charge in [-0.3, -0.25) is 9.59 Å². The zero-order valence-corrected chi connectivity index (χ0v) is 13.5. The van der Waals surface area contributed by atoms with Gasteiger partial charge in [0.05, 0.1) is 5.02 Å². The zero-order chi connectivity index (χ0) is 16.8. The van der Waals surface area contributed by atoms with Crippen LogP contribution in [0.3, 0.4) is 0 Å². The van der Waals surface area contributed by atoms with Crippen molar-refractivity contribution in [2.24, 2.45) is 5.73 Å². The van der Waals surface area contributed by atoms with Gasteiger partial charge in [-0.15, -0.1) is 0 Å². The molecule has 0 aliphatic heterocycles. The molecule has 2 rings (SSSR count). The number of ether oxygens (including phenoxy) is 1. The molecule has 0 radical (unpaired) electrons. The predicted molar refractivity (Wildman–Crippen MR) is 88.8 cm³/mol. The van der Waals surface area contributed by atoms with Crippen molar-refractivity contribution in [1.29, 1.82) is 0 Å². The SMILES string of the molecule is NC(=O)c1ccc(CNC(=O)COc2ccc(Cl)cc2Cl)cc1. The highest BCUT2D eigenvalue weighted by molar-refractivity contribution is 6.35. The molecule has 2 aromatic carbocycles. The van der Waals surface area contributed by atoms with Crippen LogP contribution in [0.2, 0.25) is 10.0 Å². The third-order valence-corrected chi connectivity index (χ3v) is 3.51. The lowest BCUT2D eigenvalue weighted by molar-refractivity contribution is -0.123. The zero-order valence-electron chi connectivity index (χ0n) is 12.0. The third kappa shape index (κ3) is 5.16. The molecule has 0 unspecified atom stereocenters. The van der Waals surface area contributed by atoms with Gasteiger partial charge in [-0.25, -0.2) is 0 Å². The summed E-state index contributed by atoms with van der Waals surface area (Å²) in [5.74, 6) is -0.402. The first kappa shape index (κ1) is 17.1. The van der Waals surface area contributed by atoms with Crippen LogP contribution in [0.15, 0.2) is 42.5 Å². The number of nitrogens with one attached hydrogen (secondary N) is 1. The molecule has 0 aliphatic rings. The highest BCUT2D eigenvalue weighted by atomic mass is 35.5. The molecule has 0 saturated carbocycles. The van der Waals surface area contributed by atoms with E-state index in [9.17, 15) is 9.59 Å². The molecule has 2 aromatic rings. The molecule has 0 aliphatic carbocycles. The molecule has 5 nitrogen and oxygen atoms in total. The summed E-state index contributed by atoms with van der Waals surface area (Å²) in [6.07, 6.45) is 0. The van der Waals surface area contributed by atoms with Gasteiger partial charge in [0.2, 0.25) is 5.91 Å². The number of halogens is 2. The van der Waals surface area contributed by atoms with Gasteiger partial charge in [-0.1, -0.05) is 35.3 Å². The van der Waals surface area contributed by atoms with E-state index in [0.717, 1.165) is 5.56 Å². The topological polar surface area (TPSA) is 81.4 Å². The maximum absolute atomic E-state index is 11.8. The van der Waals surface area contributed by atoms with Crippen LogP contribution in [0.1, 0.15) is 15.9 Å². The molecule has 0 saturated heterocycles. The van der Waals surface area contributed by atoms with Crippen molar-refractivity contribution in [2.75, 3.05) is 6.61 Å². The van der Waals surface area contributed by atoms with E-state index in [1.54, 1.807) is 36.4 Å². The van der Waals surface area contributed by atoms with Gasteiger partial charge < -0.3 is 15.8 Å². The van der Waals surface area contributed by atoms with Crippen molar-refractivity contribution in [3.8, 4) is 5.75 Å². The van der Waals surface area contributed by atoms with E-state index in [2.05, 4.69) is 5.32 Å². The second-order valence-corrected chi connectivity index (χ2v) is 5.54. The summed E-state index contributed by atoms with van der Waals surface area (Å²) in [6.45, 7) is 0.149. The molecule has 0 aromatic heterocycles. The summed E-state index contributed by atoms with van der Waals surface area (Å²) in [7, 11) is 0. The molecule has 0 atom stereocenters. The Morgan fingerprint density at radius 1 is 1.09 bits per heavy atom. The average molecular weight is 353 g/mol. The van der Waals surface area contributed by atoms with Gasteiger partial charge in [0.1, 0.15) is 5.75 Å². The smallest absolute Gasteiger partial charge is 0.258 e. The molecular weight excluding hydrogens is 339 g/mol. The van der Waals surface area contributed by atoms with Gasteiger partial charge in [0.15, 0.2) is 6.61 Å². The highest BCUT2D eigenvalue weighted by Crippen LogP contribution is 2.27. The molecule has 2 amide bonds. The second-order valence-electron chi connectivity index (χ2n) is 4.70. The Kier molecular flexibility index (Phi) is 5.84. The van der Waals surface area contributed by atoms with E-state index < -0.39 is 5.91 Å². The second kappa shape index (κ2) is 7.85. The van der Waals surface area contributed by atoms with Gasteiger partial charge in [-0.2, -0.15) is 0 Å². The molecule has 0 heterocycles. The standard InChI is InChI=1S/C16H14Cl2N2O3/c17-12-5-6-14(13(18)7-12)23-9-15(21)20-8-10-1-3-11(4-2-10)16(19)22/h1-7H,8-9H2,(H2,19,22)(H,20,21). The molecule has 0 fully saturated rings. The lowest BCUT2D eigenvalue weighted by atomic mass is 10.1. The Morgan fingerprint density at radius 2 is 1.78 bits per heavy atom. The van der Waals surface area contributed by atoms with Crippen molar-refractivity contribution < 1.29 is 14.3 Å². The fourth-order valence-corrected chi connectivity index (χ4v) is 2.24. The number of carbonyl (C=O) groups excluding carboxylic acids is 2. The monoisotopic (exact) mass is 352 g/mol. The van der Waals surface area contributed by atoms with Crippen LogP contribution in [0.5, 0.6) is 5.75 Å². The predicted octanol–water partition coefficient (Wildman–Crippen LogP) is 2.79. The Morgan fingerprint density at radius 3 is 2.39 bits per heavy atom. The van der Waals surface area contributed by atoms with E-state index in [0.29, 0.717) is 27.9 Å². The summed E-state index contributed by atoms with van der Waals surface area (Å²) < 4.78 is 5.33. The Labute approximate surface area is 143 Å². The number of carbonyl (C=O) groups is 2. The summed E-state index contributed by atoms with van der Waals surface area (Å²) in [5.41, 5.74) is 6.42. The number of primary amides is 1. The number of benzene rings is 2. The normalized spacial score (nSPS) is 10.2. The van der Waals surface area contributed by atoms with E-state index >= 15 is 0 Å². The third-order valence-electron chi connectivity index (χ3n) is 2.98. The number of nitrogens with two attached hydrogens (primary N) is 1. The lowest BCUT2D eigenvalue weighted by Crippen LogP contribution is -2.28. The first-order valence-electron chi connectivity index (χ1n) is 6.69. The first-order valence-corrected chi connectivity index (χ1v) is 7.44. The van der Waals surface area contributed by atoms with Crippen LogP contribution in [0.4, 0.5) is 0 Å². The van der Waals surface area contributed by atoms with Crippen LogP contribution in [-0.4, -0.2) is 18.4 Å². The molecule has 0 spiro atoms. The summed E-state index contributed by atoms with van der Waals surface area (Å²) in [6, 6.07) is 11.4. The quantitative estimate of drug-likeness (QED) is 0.838. The molecule has 3 N–H and O–H groups in total. The largest absolute Gasteiger partial charge is 0.482 e. The molecule has 120 valence electrons. The molecule has 23 heavy (non-hydrogen) atoms. The van der Waals surface area contributed by atoms with Crippen LogP contribution in [-0.2, 0) is 11.3 Å². The van der Waals surface area contributed by atoms with Crippen molar-refractivity contribution in [3.05, 3.63) is 63.6 Å². The van der Waals surface area contributed by atoms with Crippen molar-refractivity contribution in [2.45, 2.75) is 6.54 Å². The van der Waals surface area contributed by atoms with E-state index in [-0.39, 0.29) is 12.5 Å². The Bertz CT molecular complexity index is 718. The van der Waals surface area contributed by atoms with Crippen molar-refractivity contribution >= 4 is 35.0 Å². The van der Waals surface area contributed by atoms with E-state index in [1.165, 1.54) is 6.07 Å². The summed E-state index contributed by atoms with van der Waals surface area (Å²) in [5, 5.41) is 3.53. The molecular formula is C16H14Cl2N2O3. The summed E-state index contributed by atoms with van der Waals surface area (Å²) >= 11 is 11.7. The molecule has 7 heteroatoms. The maximum atomic E-state index is 11.8. The lowest BCUT2D eigenvalue weighted by Gasteiger charge is -2.09. The number of amides is 2. The van der Waals surface area contributed by atoms with Gasteiger partial charge in [0.25, 0.3) is 5.91 Å². The number of hydrogen-bond acceptors (Lipinski definition) is 3. The maximum Gasteiger partial charge on any atom is 0.258 e. The van der Waals surface area contributed by atoms with E-state index in [4.69, 9.17) is 33.7 Å².